The summed E-state index contributed by atoms with van der Waals surface area (Å²) in [7, 11) is 2.91. The number of Topliss-reactive ketones (excluding diaryl/α,β-unsaturated/α-hetero) is 1. The Kier molecular flexibility index (Phi) is 7.95. The number of alkyl halides is 2. The van der Waals surface area contributed by atoms with Crippen LogP contribution in [0, 0.1) is 5.82 Å². The maximum absolute atomic E-state index is 14.0. The van der Waals surface area contributed by atoms with Gasteiger partial charge in [0.05, 0.1) is 12.9 Å². The van der Waals surface area contributed by atoms with Crippen LogP contribution in [0.2, 0.25) is 0 Å². The molecule has 0 bridgehead atoms. The molecule has 5 nitrogen and oxygen atoms in total. The summed E-state index contributed by atoms with van der Waals surface area (Å²) in [5.41, 5.74) is 0.921. The SMILES string of the molecule is COc1cc(CN(C)C(=O)CSc2ccc(C(C)=O)cc2F)ccc1OC(F)F. The Morgan fingerprint density at radius 3 is 2.45 bits per heavy atom. The molecule has 2 aromatic carbocycles. The van der Waals surface area contributed by atoms with Gasteiger partial charge in [-0.2, -0.15) is 8.78 Å². The molecule has 9 heteroatoms. The molecule has 0 aliphatic rings. The first-order chi connectivity index (χ1) is 13.7. The zero-order valence-electron chi connectivity index (χ0n) is 16.1. The van der Waals surface area contributed by atoms with Gasteiger partial charge >= 0.3 is 6.61 Å². The monoisotopic (exact) mass is 427 g/mol. The van der Waals surface area contributed by atoms with E-state index in [9.17, 15) is 22.8 Å². The van der Waals surface area contributed by atoms with E-state index in [0.29, 0.717) is 5.56 Å². The summed E-state index contributed by atoms with van der Waals surface area (Å²) in [6.07, 6.45) is 0. The summed E-state index contributed by atoms with van der Waals surface area (Å²) in [5, 5.41) is 0. The highest BCUT2D eigenvalue weighted by molar-refractivity contribution is 8.00. The smallest absolute Gasteiger partial charge is 0.387 e. The first kappa shape index (κ1) is 22.6. The minimum absolute atomic E-state index is 0.00342. The van der Waals surface area contributed by atoms with E-state index in [-0.39, 0.29) is 45.9 Å². The van der Waals surface area contributed by atoms with Crippen LogP contribution >= 0.6 is 11.8 Å². The van der Waals surface area contributed by atoms with Crippen LogP contribution in [0.4, 0.5) is 13.2 Å². The predicted molar refractivity (Wildman–Crippen MR) is 103 cm³/mol. The van der Waals surface area contributed by atoms with Crippen molar-refractivity contribution < 1.29 is 32.2 Å². The molecule has 0 radical (unpaired) electrons. The van der Waals surface area contributed by atoms with Gasteiger partial charge in [-0.3, -0.25) is 9.59 Å². The summed E-state index contributed by atoms with van der Waals surface area (Å²) in [5.74, 6) is -1.02. The fourth-order valence-electron chi connectivity index (χ4n) is 2.45. The van der Waals surface area contributed by atoms with Crippen molar-refractivity contribution in [2.45, 2.75) is 25.0 Å². The number of ether oxygens (including phenoxy) is 2. The van der Waals surface area contributed by atoms with E-state index in [1.807, 2.05) is 0 Å². The van der Waals surface area contributed by atoms with Crippen molar-refractivity contribution in [1.29, 1.82) is 0 Å². The minimum atomic E-state index is -2.97. The molecule has 2 aromatic rings. The number of thioether (sulfide) groups is 1. The molecule has 1 amide bonds. The van der Waals surface area contributed by atoms with E-state index in [1.165, 1.54) is 43.2 Å². The number of methoxy groups -OCH3 is 1. The fraction of sp³-hybridized carbons (Fsp3) is 0.300. The normalized spacial score (nSPS) is 10.7. The molecular weight excluding hydrogens is 407 g/mol. The van der Waals surface area contributed by atoms with Crippen molar-refractivity contribution in [3.8, 4) is 11.5 Å². The largest absolute Gasteiger partial charge is 0.493 e. The van der Waals surface area contributed by atoms with Crippen molar-refractivity contribution in [2.75, 3.05) is 19.9 Å². The maximum Gasteiger partial charge on any atom is 0.387 e. The third-order valence-corrected chi connectivity index (χ3v) is 5.01. The summed E-state index contributed by atoms with van der Waals surface area (Å²) in [4.78, 5) is 25.3. The highest BCUT2D eigenvalue weighted by atomic mass is 32.2. The second kappa shape index (κ2) is 10.2. The van der Waals surface area contributed by atoms with Crippen LogP contribution in [-0.2, 0) is 11.3 Å². The van der Waals surface area contributed by atoms with E-state index in [4.69, 9.17) is 4.74 Å². The second-order valence-corrected chi connectivity index (χ2v) is 7.12. The summed E-state index contributed by atoms with van der Waals surface area (Å²) >= 11 is 1.03. The number of benzene rings is 2. The average Bonchev–Trinajstić information content (AvgIpc) is 2.67. The molecule has 0 aromatic heterocycles. The van der Waals surface area contributed by atoms with Crippen LogP contribution in [0.25, 0.3) is 0 Å². The van der Waals surface area contributed by atoms with Gasteiger partial charge in [0.25, 0.3) is 0 Å². The Hall–Kier alpha value is -2.68. The van der Waals surface area contributed by atoms with Crippen LogP contribution in [-0.4, -0.2) is 43.1 Å². The highest BCUT2D eigenvalue weighted by Gasteiger charge is 2.15. The molecule has 0 heterocycles. The number of halogens is 3. The lowest BCUT2D eigenvalue weighted by atomic mass is 10.1. The molecule has 29 heavy (non-hydrogen) atoms. The van der Waals surface area contributed by atoms with Crippen LogP contribution in [0.5, 0.6) is 11.5 Å². The molecule has 0 atom stereocenters. The van der Waals surface area contributed by atoms with E-state index < -0.39 is 12.4 Å². The number of hydrogen-bond donors (Lipinski definition) is 0. The number of hydrogen-bond acceptors (Lipinski definition) is 5. The summed E-state index contributed by atoms with van der Waals surface area (Å²) in [6.45, 7) is -1.42. The molecule has 0 saturated carbocycles. The van der Waals surface area contributed by atoms with Crippen molar-refractivity contribution in [1.82, 2.24) is 4.90 Å². The van der Waals surface area contributed by atoms with Gasteiger partial charge in [0, 0.05) is 24.1 Å². The van der Waals surface area contributed by atoms with Gasteiger partial charge < -0.3 is 14.4 Å². The predicted octanol–water partition coefficient (Wildman–Crippen LogP) is 4.39. The van der Waals surface area contributed by atoms with Crippen LogP contribution < -0.4 is 9.47 Å². The first-order valence-electron chi connectivity index (χ1n) is 8.50. The average molecular weight is 427 g/mol. The Morgan fingerprint density at radius 1 is 1.14 bits per heavy atom. The standard InChI is InChI=1S/C20H20F3NO4S/c1-12(25)14-5-7-18(15(21)9-14)29-11-19(26)24(2)10-13-4-6-16(28-20(22)23)17(8-13)27-3/h4-9,20H,10-11H2,1-3H3. The quantitative estimate of drug-likeness (QED) is 0.439. The molecule has 0 aliphatic carbocycles. The van der Waals surface area contributed by atoms with E-state index >= 15 is 0 Å². The van der Waals surface area contributed by atoms with Gasteiger partial charge in [-0.15, -0.1) is 11.8 Å². The molecule has 0 aliphatic heterocycles. The van der Waals surface area contributed by atoms with Gasteiger partial charge in [0.15, 0.2) is 17.3 Å². The molecule has 0 saturated heterocycles. The molecule has 2 rings (SSSR count). The minimum Gasteiger partial charge on any atom is -0.493 e. The number of ketones is 1. The van der Waals surface area contributed by atoms with Crippen LogP contribution in [0.3, 0.4) is 0 Å². The van der Waals surface area contributed by atoms with Crippen molar-refractivity contribution in [2.24, 2.45) is 0 Å². The van der Waals surface area contributed by atoms with Crippen LogP contribution in [0.15, 0.2) is 41.3 Å². The number of nitrogens with zero attached hydrogens (tertiary/aromatic N) is 1. The topological polar surface area (TPSA) is 55.8 Å². The van der Waals surface area contributed by atoms with Gasteiger partial charge in [-0.25, -0.2) is 4.39 Å². The van der Waals surface area contributed by atoms with Gasteiger partial charge in [0.1, 0.15) is 5.82 Å². The summed E-state index contributed by atoms with van der Waals surface area (Å²) in [6, 6.07) is 8.54. The van der Waals surface area contributed by atoms with Crippen molar-refractivity contribution in [3.05, 3.63) is 53.3 Å². The number of carbonyl (C=O) groups excluding carboxylic acids is 2. The maximum atomic E-state index is 14.0. The molecule has 0 unspecified atom stereocenters. The van der Waals surface area contributed by atoms with Crippen molar-refractivity contribution >= 4 is 23.5 Å². The lowest BCUT2D eigenvalue weighted by molar-refractivity contribution is -0.127. The Balaban J connectivity index is 1.98. The lowest BCUT2D eigenvalue weighted by Crippen LogP contribution is -2.27. The lowest BCUT2D eigenvalue weighted by Gasteiger charge is -2.18. The molecule has 0 N–H and O–H groups in total. The Bertz CT molecular complexity index is 892. The highest BCUT2D eigenvalue weighted by Crippen LogP contribution is 2.30. The van der Waals surface area contributed by atoms with E-state index in [0.717, 1.165) is 17.8 Å². The summed E-state index contributed by atoms with van der Waals surface area (Å²) < 4.78 is 48.2. The van der Waals surface area contributed by atoms with Gasteiger partial charge in [-0.1, -0.05) is 12.1 Å². The number of rotatable bonds is 9. The third kappa shape index (κ3) is 6.42. The third-order valence-electron chi connectivity index (χ3n) is 3.98. The molecule has 0 fully saturated rings. The van der Waals surface area contributed by atoms with Crippen molar-refractivity contribution in [3.63, 3.8) is 0 Å². The Labute approximate surface area is 170 Å². The van der Waals surface area contributed by atoms with E-state index in [2.05, 4.69) is 4.74 Å². The van der Waals surface area contributed by atoms with Gasteiger partial charge in [0.2, 0.25) is 5.91 Å². The Morgan fingerprint density at radius 2 is 1.86 bits per heavy atom. The molecule has 0 spiro atoms. The number of amides is 1. The molecule has 156 valence electrons. The zero-order chi connectivity index (χ0) is 21.6. The first-order valence-corrected chi connectivity index (χ1v) is 9.48. The zero-order valence-corrected chi connectivity index (χ0v) is 16.9. The fourth-order valence-corrected chi connectivity index (χ4v) is 3.31. The van der Waals surface area contributed by atoms with E-state index in [1.54, 1.807) is 13.1 Å². The van der Waals surface area contributed by atoms with Crippen LogP contribution in [0.1, 0.15) is 22.8 Å². The number of carbonyl (C=O) groups is 2. The molecular formula is C20H20F3NO4S. The van der Waals surface area contributed by atoms with Gasteiger partial charge in [-0.05, 0) is 36.8 Å². The second-order valence-electron chi connectivity index (χ2n) is 6.10.